The first-order valence-corrected chi connectivity index (χ1v) is 6.83. The lowest BCUT2D eigenvalue weighted by Gasteiger charge is -2.08. The molecule has 1 aromatic carbocycles. The molecule has 0 bridgehead atoms. The maximum atomic E-state index is 11.0. The molecule has 102 valence electrons. The first-order chi connectivity index (χ1) is 9.65. The Morgan fingerprint density at radius 1 is 1.25 bits per heavy atom. The minimum Gasteiger partial charge on any atom is -0.481 e. The second kappa shape index (κ2) is 5.04. The van der Waals surface area contributed by atoms with Gasteiger partial charge in [-0.05, 0) is 49.4 Å². The molecule has 0 radical (unpaired) electrons. The summed E-state index contributed by atoms with van der Waals surface area (Å²) in [7, 11) is 0. The molecule has 4 heteroatoms. The van der Waals surface area contributed by atoms with E-state index in [9.17, 15) is 4.79 Å². The van der Waals surface area contributed by atoms with Crippen LogP contribution in [0.25, 0.3) is 11.3 Å². The summed E-state index contributed by atoms with van der Waals surface area (Å²) in [5, 5.41) is 9.04. The number of aromatic nitrogens is 2. The molecule has 20 heavy (non-hydrogen) atoms. The minimum atomic E-state index is -0.906. The Kier molecular flexibility index (Phi) is 3.22. The summed E-state index contributed by atoms with van der Waals surface area (Å²) in [6.45, 7) is 1.60. The van der Waals surface area contributed by atoms with Gasteiger partial charge in [0.15, 0.2) is 0 Å². The monoisotopic (exact) mass is 268 g/mol. The van der Waals surface area contributed by atoms with E-state index in [1.165, 1.54) is 17.5 Å². The Morgan fingerprint density at radius 3 is 2.85 bits per heavy atom. The van der Waals surface area contributed by atoms with Crippen molar-refractivity contribution in [3.8, 4) is 11.3 Å². The Labute approximate surface area is 117 Å². The Morgan fingerprint density at radius 2 is 2.05 bits per heavy atom. The highest BCUT2D eigenvalue weighted by Crippen LogP contribution is 2.27. The summed E-state index contributed by atoms with van der Waals surface area (Å²) in [6.07, 6.45) is 5.11. The van der Waals surface area contributed by atoms with Crippen molar-refractivity contribution in [2.24, 2.45) is 0 Å². The summed E-state index contributed by atoms with van der Waals surface area (Å²) in [4.78, 5) is 19.5. The normalized spacial score (nSPS) is 14.8. The van der Waals surface area contributed by atoms with Crippen LogP contribution in [-0.2, 0) is 17.6 Å². The van der Waals surface area contributed by atoms with E-state index in [1.54, 1.807) is 13.1 Å². The highest BCUT2D eigenvalue weighted by atomic mass is 16.4. The third-order valence-electron chi connectivity index (χ3n) is 3.83. The van der Waals surface area contributed by atoms with Gasteiger partial charge in [0.1, 0.15) is 11.7 Å². The van der Waals surface area contributed by atoms with Gasteiger partial charge in [-0.25, -0.2) is 9.97 Å². The predicted octanol–water partition coefficient (Wildman–Crippen LogP) is 2.82. The Bertz CT molecular complexity index is 667. The largest absolute Gasteiger partial charge is 0.481 e. The second-order valence-electron chi connectivity index (χ2n) is 5.20. The van der Waals surface area contributed by atoms with Crippen LogP contribution in [0.4, 0.5) is 0 Å². The molecule has 1 unspecified atom stereocenters. The van der Waals surface area contributed by atoms with Gasteiger partial charge in [-0.1, -0.05) is 12.1 Å². The number of carboxylic acids is 1. The number of benzene rings is 1. The van der Waals surface area contributed by atoms with Crippen LogP contribution in [0.3, 0.4) is 0 Å². The van der Waals surface area contributed by atoms with Crippen molar-refractivity contribution >= 4 is 5.97 Å². The Balaban J connectivity index is 1.98. The number of hydrogen-bond donors (Lipinski definition) is 1. The molecule has 0 saturated heterocycles. The standard InChI is InChI=1S/C16H16N2O2/c1-10(16(19)20)15-17-8-7-14(18-15)13-6-5-11-3-2-4-12(11)9-13/h5-10H,2-4H2,1H3,(H,19,20). The van der Waals surface area contributed by atoms with Crippen LogP contribution in [-0.4, -0.2) is 21.0 Å². The first kappa shape index (κ1) is 12.8. The molecule has 0 aliphatic heterocycles. The second-order valence-corrected chi connectivity index (χ2v) is 5.20. The molecule has 0 amide bonds. The molecule has 1 aromatic heterocycles. The lowest BCUT2D eigenvalue weighted by Crippen LogP contribution is -2.11. The van der Waals surface area contributed by atoms with Gasteiger partial charge in [-0.15, -0.1) is 0 Å². The Hall–Kier alpha value is -2.23. The number of nitrogens with zero attached hydrogens (tertiary/aromatic N) is 2. The smallest absolute Gasteiger partial charge is 0.313 e. The van der Waals surface area contributed by atoms with Gasteiger partial charge in [0.05, 0.1) is 5.69 Å². The maximum Gasteiger partial charge on any atom is 0.313 e. The fraction of sp³-hybridized carbons (Fsp3) is 0.312. The number of aryl methyl sites for hydroxylation is 2. The van der Waals surface area contributed by atoms with Crippen LogP contribution in [0, 0.1) is 0 Å². The fourth-order valence-electron chi connectivity index (χ4n) is 2.58. The SMILES string of the molecule is CC(C(=O)O)c1nccc(-c2ccc3c(c2)CCC3)n1. The number of rotatable bonds is 3. The third kappa shape index (κ3) is 2.29. The number of aliphatic carboxylic acids is 1. The molecule has 1 aliphatic carbocycles. The van der Waals surface area contributed by atoms with Crippen LogP contribution < -0.4 is 0 Å². The van der Waals surface area contributed by atoms with E-state index in [-0.39, 0.29) is 0 Å². The molecule has 0 spiro atoms. The van der Waals surface area contributed by atoms with Gasteiger partial charge < -0.3 is 5.11 Å². The number of carboxylic acid groups (broad SMARTS) is 1. The molecule has 1 N–H and O–H groups in total. The van der Waals surface area contributed by atoms with E-state index in [1.807, 2.05) is 6.07 Å². The predicted molar refractivity (Wildman–Crippen MR) is 75.5 cm³/mol. The molecule has 4 nitrogen and oxygen atoms in total. The summed E-state index contributed by atoms with van der Waals surface area (Å²) in [6, 6.07) is 8.20. The minimum absolute atomic E-state index is 0.357. The van der Waals surface area contributed by atoms with Crippen molar-refractivity contribution in [3.63, 3.8) is 0 Å². The summed E-state index contributed by atoms with van der Waals surface area (Å²) < 4.78 is 0. The molecule has 1 atom stereocenters. The van der Waals surface area contributed by atoms with Crippen molar-refractivity contribution in [1.82, 2.24) is 9.97 Å². The van der Waals surface area contributed by atoms with E-state index < -0.39 is 11.9 Å². The van der Waals surface area contributed by atoms with E-state index in [0.29, 0.717) is 5.82 Å². The number of fused-ring (bicyclic) bond motifs is 1. The van der Waals surface area contributed by atoms with E-state index in [4.69, 9.17) is 5.11 Å². The van der Waals surface area contributed by atoms with Gasteiger partial charge in [0.25, 0.3) is 0 Å². The van der Waals surface area contributed by atoms with E-state index >= 15 is 0 Å². The van der Waals surface area contributed by atoms with Crippen molar-refractivity contribution in [2.75, 3.05) is 0 Å². The van der Waals surface area contributed by atoms with Gasteiger partial charge >= 0.3 is 5.97 Å². The lowest BCUT2D eigenvalue weighted by molar-refractivity contribution is -0.138. The lowest BCUT2D eigenvalue weighted by atomic mass is 10.0. The van der Waals surface area contributed by atoms with Crippen LogP contribution in [0.2, 0.25) is 0 Å². The average Bonchev–Trinajstić information content (AvgIpc) is 2.93. The third-order valence-corrected chi connectivity index (χ3v) is 3.83. The zero-order chi connectivity index (χ0) is 14.1. The van der Waals surface area contributed by atoms with Gasteiger partial charge in [0.2, 0.25) is 0 Å². The van der Waals surface area contributed by atoms with Crippen LogP contribution >= 0.6 is 0 Å². The summed E-state index contributed by atoms with van der Waals surface area (Å²) >= 11 is 0. The molecular formula is C16H16N2O2. The van der Waals surface area contributed by atoms with Crippen molar-refractivity contribution < 1.29 is 9.90 Å². The van der Waals surface area contributed by atoms with E-state index in [2.05, 4.69) is 28.2 Å². The quantitative estimate of drug-likeness (QED) is 0.929. The molecule has 2 aromatic rings. The summed E-state index contributed by atoms with van der Waals surface area (Å²) in [5.41, 5.74) is 4.63. The molecule has 0 saturated carbocycles. The van der Waals surface area contributed by atoms with Gasteiger partial charge in [0, 0.05) is 11.8 Å². The average molecular weight is 268 g/mol. The van der Waals surface area contributed by atoms with Gasteiger partial charge in [-0.3, -0.25) is 4.79 Å². The molecule has 1 aliphatic rings. The van der Waals surface area contributed by atoms with Crippen LogP contribution in [0.1, 0.15) is 36.2 Å². The highest BCUT2D eigenvalue weighted by molar-refractivity contribution is 5.74. The summed E-state index contributed by atoms with van der Waals surface area (Å²) in [5.74, 6) is -1.24. The molecular weight excluding hydrogens is 252 g/mol. The van der Waals surface area contributed by atoms with Crippen molar-refractivity contribution in [1.29, 1.82) is 0 Å². The molecule has 1 heterocycles. The zero-order valence-electron chi connectivity index (χ0n) is 11.3. The first-order valence-electron chi connectivity index (χ1n) is 6.83. The van der Waals surface area contributed by atoms with Gasteiger partial charge in [-0.2, -0.15) is 0 Å². The molecule has 0 fully saturated rings. The fourth-order valence-corrected chi connectivity index (χ4v) is 2.58. The number of hydrogen-bond acceptors (Lipinski definition) is 3. The van der Waals surface area contributed by atoms with Crippen LogP contribution in [0.5, 0.6) is 0 Å². The maximum absolute atomic E-state index is 11.0. The highest BCUT2D eigenvalue weighted by Gasteiger charge is 2.18. The van der Waals surface area contributed by atoms with E-state index in [0.717, 1.165) is 24.1 Å². The number of carbonyl (C=O) groups is 1. The molecule has 3 rings (SSSR count). The zero-order valence-corrected chi connectivity index (χ0v) is 11.3. The van der Waals surface area contributed by atoms with Crippen molar-refractivity contribution in [3.05, 3.63) is 47.4 Å². The topological polar surface area (TPSA) is 63.1 Å². The van der Waals surface area contributed by atoms with Crippen molar-refractivity contribution in [2.45, 2.75) is 32.1 Å². The van der Waals surface area contributed by atoms with Crippen LogP contribution in [0.15, 0.2) is 30.5 Å².